The van der Waals surface area contributed by atoms with Gasteiger partial charge < -0.3 is 9.05 Å². The molecule has 1 aromatic rings. The van der Waals surface area contributed by atoms with E-state index in [1.807, 2.05) is 0 Å². The minimum absolute atomic E-state index is 0.0737. The van der Waals surface area contributed by atoms with Crippen LogP contribution < -0.4 is 0 Å². The number of nitro groups is 1. The average molecular weight is 337 g/mol. The summed E-state index contributed by atoms with van der Waals surface area (Å²) in [6, 6.07) is 8.72. The zero-order valence-electron chi connectivity index (χ0n) is 12.7. The Labute approximate surface area is 133 Å². The van der Waals surface area contributed by atoms with Crippen LogP contribution in [0.1, 0.15) is 25.1 Å². The number of hydrogen-bond acceptors (Lipinski definition) is 7. The molecule has 0 bridgehead atoms. The minimum Gasteiger partial charge on any atom is -0.308 e. The summed E-state index contributed by atoms with van der Waals surface area (Å²) in [6.07, 6.45) is 0. The van der Waals surface area contributed by atoms with Crippen LogP contribution in [0.15, 0.2) is 24.3 Å². The van der Waals surface area contributed by atoms with Crippen LogP contribution in [0.5, 0.6) is 0 Å². The van der Waals surface area contributed by atoms with Crippen LogP contribution in [0.2, 0.25) is 0 Å². The van der Waals surface area contributed by atoms with Crippen LogP contribution in [0.25, 0.3) is 0 Å². The number of non-ortho nitro benzene ring substituents is 1. The van der Waals surface area contributed by atoms with Crippen LogP contribution in [0, 0.1) is 38.7 Å². The normalized spacial score (nSPS) is 12.4. The standard InChI is InChI=1S/C14H16N3O5P/c1-3-21-23(20,22-4-2)14(12(9-15)10-16)11-5-7-13(8-6-11)17(18)19/h5-8,12,14H,3-4H2,1-2H3. The van der Waals surface area contributed by atoms with Gasteiger partial charge in [-0.2, -0.15) is 10.5 Å². The first kappa shape index (κ1) is 18.8. The molecule has 1 atom stereocenters. The van der Waals surface area contributed by atoms with Crippen molar-refractivity contribution < 1.29 is 18.5 Å². The van der Waals surface area contributed by atoms with Crippen LogP contribution in [-0.2, 0) is 13.6 Å². The second kappa shape index (κ2) is 8.40. The van der Waals surface area contributed by atoms with Gasteiger partial charge in [0, 0.05) is 12.1 Å². The molecule has 0 saturated heterocycles. The summed E-state index contributed by atoms with van der Waals surface area (Å²) in [4.78, 5) is 10.2. The molecule has 122 valence electrons. The van der Waals surface area contributed by atoms with E-state index in [0.717, 1.165) is 0 Å². The fourth-order valence-electron chi connectivity index (χ4n) is 2.08. The summed E-state index contributed by atoms with van der Waals surface area (Å²) in [5.41, 5.74) is -0.979. The lowest BCUT2D eigenvalue weighted by Gasteiger charge is -2.27. The third-order valence-electron chi connectivity index (χ3n) is 3.00. The molecule has 0 radical (unpaired) electrons. The van der Waals surface area contributed by atoms with E-state index in [4.69, 9.17) is 9.05 Å². The zero-order valence-corrected chi connectivity index (χ0v) is 13.6. The number of hydrogen-bond donors (Lipinski definition) is 0. The van der Waals surface area contributed by atoms with Gasteiger partial charge >= 0.3 is 7.60 Å². The van der Waals surface area contributed by atoms with Gasteiger partial charge in [0.05, 0.1) is 30.3 Å². The van der Waals surface area contributed by atoms with Crippen LogP contribution >= 0.6 is 7.60 Å². The van der Waals surface area contributed by atoms with Crippen molar-refractivity contribution in [2.75, 3.05) is 13.2 Å². The molecule has 0 N–H and O–H groups in total. The van der Waals surface area contributed by atoms with Crippen LogP contribution in [-0.4, -0.2) is 18.1 Å². The first-order chi connectivity index (χ1) is 10.9. The molecule has 1 aromatic carbocycles. The Morgan fingerprint density at radius 2 is 1.65 bits per heavy atom. The summed E-state index contributed by atoms with van der Waals surface area (Å²) in [5.74, 6) is -1.28. The Kier molecular flexibility index (Phi) is 6.87. The molecule has 0 aromatic heterocycles. The topological polar surface area (TPSA) is 126 Å². The third kappa shape index (κ3) is 4.37. The first-order valence-corrected chi connectivity index (χ1v) is 8.47. The fraction of sp³-hybridized carbons (Fsp3) is 0.429. The maximum Gasteiger partial charge on any atom is 0.340 e. The molecular formula is C14H16N3O5P. The number of nitro benzene ring substituents is 1. The van der Waals surface area contributed by atoms with Crippen molar-refractivity contribution in [1.29, 1.82) is 10.5 Å². The molecule has 0 saturated carbocycles. The summed E-state index contributed by atoms with van der Waals surface area (Å²) in [7, 11) is -3.79. The summed E-state index contributed by atoms with van der Waals surface area (Å²) < 4.78 is 23.5. The molecule has 0 amide bonds. The lowest BCUT2D eigenvalue weighted by molar-refractivity contribution is -0.384. The van der Waals surface area contributed by atoms with Gasteiger partial charge in [-0.1, -0.05) is 12.1 Å². The molecule has 1 rings (SSSR count). The Balaban J connectivity index is 3.41. The molecule has 23 heavy (non-hydrogen) atoms. The molecule has 0 spiro atoms. The van der Waals surface area contributed by atoms with Gasteiger partial charge in [-0.05, 0) is 19.4 Å². The summed E-state index contributed by atoms with van der Waals surface area (Å²) >= 11 is 0. The van der Waals surface area contributed by atoms with Crippen molar-refractivity contribution in [3.63, 3.8) is 0 Å². The Hall–Kier alpha value is -2.25. The number of rotatable bonds is 8. The van der Waals surface area contributed by atoms with Gasteiger partial charge in [0.2, 0.25) is 0 Å². The minimum atomic E-state index is -3.79. The van der Waals surface area contributed by atoms with Gasteiger partial charge in [0.15, 0.2) is 5.92 Å². The molecule has 0 aliphatic rings. The lowest BCUT2D eigenvalue weighted by atomic mass is 10.0. The Morgan fingerprint density at radius 1 is 1.17 bits per heavy atom. The van der Waals surface area contributed by atoms with Crippen molar-refractivity contribution >= 4 is 13.3 Å². The van der Waals surface area contributed by atoms with Crippen molar-refractivity contribution in [3.8, 4) is 12.1 Å². The predicted molar refractivity (Wildman–Crippen MR) is 81.4 cm³/mol. The highest BCUT2D eigenvalue weighted by Crippen LogP contribution is 2.63. The van der Waals surface area contributed by atoms with Crippen molar-refractivity contribution in [3.05, 3.63) is 39.9 Å². The van der Waals surface area contributed by atoms with E-state index in [1.54, 1.807) is 26.0 Å². The first-order valence-electron chi connectivity index (χ1n) is 6.85. The highest BCUT2D eigenvalue weighted by atomic mass is 31.2. The Morgan fingerprint density at radius 3 is 2.00 bits per heavy atom. The van der Waals surface area contributed by atoms with Gasteiger partial charge in [0.1, 0.15) is 5.66 Å². The molecule has 1 unspecified atom stereocenters. The monoisotopic (exact) mass is 337 g/mol. The second-order valence-electron chi connectivity index (χ2n) is 4.40. The Bertz CT molecular complexity index is 653. The van der Waals surface area contributed by atoms with E-state index in [0.29, 0.717) is 5.56 Å². The smallest absolute Gasteiger partial charge is 0.308 e. The van der Waals surface area contributed by atoms with Gasteiger partial charge in [0.25, 0.3) is 5.69 Å². The van der Waals surface area contributed by atoms with Crippen molar-refractivity contribution in [2.24, 2.45) is 5.92 Å². The highest BCUT2D eigenvalue weighted by molar-refractivity contribution is 7.54. The molecule has 0 fully saturated rings. The quantitative estimate of drug-likeness (QED) is 0.403. The highest BCUT2D eigenvalue weighted by Gasteiger charge is 2.43. The van der Waals surface area contributed by atoms with Crippen LogP contribution in [0.3, 0.4) is 0 Å². The van der Waals surface area contributed by atoms with Crippen molar-refractivity contribution in [2.45, 2.75) is 19.5 Å². The van der Waals surface area contributed by atoms with E-state index in [-0.39, 0.29) is 18.9 Å². The second-order valence-corrected chi connectivity index (χ2v) is 6.56. The van der Waals surface area contributed by atoms with E-state index in [9.17, 15) is 25.2 Å². The zero-order chi connectivity index (χ0) is 17.5. The van der Waals surface area contributed by atoms with Gasteiger partial charge in [-0.3, -0.25) is 14.7 Å². The molecular weight excluding hydrogens is 321 g/mol. The van der Waals surface area contributed by atoms with E-state index >= 15 is 0 Å². The SMILES string of the molecule is CCOP(=O)(OCC)C(c1ccc([N+](=O)[O-])cc1)C(C#N)C#N. The predicted octanol–water partition coefficient (Wildman–Crippen LogP) is 3.57. The van der Waals surface area contributed by atoms with E-state index in [2.05, 4.69) is 0 Å². The average Bonchev–Trinajstić information content (AvgIpc) is 2.53. The number of nitrogens with zero attached hydrogens (tertiary/aromatic N) is 3. The van der Waals surface area contributed by atoms with E-state index in [1.165, 1.54) is 24.3 Å². The molecule has 0 aliphatic heterocycles. The molecule has 8 nitrogen and oxygen atoms in total. The van der Waals surface area contributed by atoms with E-state index < -0.39 is 24.1 Å². The lowest BCUT2D eigenvalue weighted by Crippen LogP contribution is -2.14. The number of benzene rings is 1. The largest absolute Gasteiger partial charge is 0.340 e. The van der Waals surface area contributed by atoms with Gasteiger partial charge in [-0.25, -0.2) is 0 Å². The summed E-state index contributed by atoms with van der Waals surface area (Å²) in [6.45, 7) is 3.38. The van der Waals surface area contributed by atoms with Crippen molar-refractivity contribution in [1.82, 2.24) is 0 Å². The number of nitriles is 2. The summed E-state index contributed by atoms with van der Waals surface area (Å²) in [5, 5.41) is 29.1. The fourth-order valence-corrected chi connectivity index (χ4v) is 4.23. The molecule has 9 heteroatoms. The maximum absolute atomic E-state index is 13.0. The third-order valence-corrected chi connectivity index (χ3v) is 5.51. The van der Waals surface area contributed by atoms with Crippen LogP contribution in [0.4, 0.5) is 5.69 Å². The maximum atomic E-state index is 13.0. The molecule has 0 heterocycles. The van der Waals surface area contributed by atoms with Gasteiger partial charge in [-0.15, -0.1) is 0 Å². The molecule has 0 aliphatic carbocycles.